The largest absolute Gasteiger partial charge is 0.490 e. The first-order valence-electron chi connectivity index (χ1n) is 5.87. The van der Waals surface area contributed by atoms with Gasteiger partial charge < -0.3 is 14.8 Å². The first kappa shape index (κ1) is 16.4. The molecule has 1 N–H and O–H groups in total. The molecule has 0 aliphatic heterocycles. The minimum absolute atomic E-state index is 0.0142. The lowest BCUT2D eigenvalue weighted by Crippen LogP contribution is -2.42. The Balaban J connectivity index is 2.79. The van der Waals surface area contributed by atoms with Crippen LogP contribution in [-0.4, -0.2) is 37.2 Å². The van der Waals surface area contributed by atoms with Crippen molar-refractivity contribution >= 4 is 27.6 Å². The summed E-state index contributed by atoms with van der Waals surface area (Å²) in [6, 6.07) is 3.55. The summed E-state index contributed by atoms with van der Waals surface area (Å²) in [6.07, 6.45) is 0. The molecular weight excluding hydrogens is 332 g/mol. The summed E-state index contributed by atoms with van der Waals surface area (Å²) >= 11 is 3.24. The molecule has 0 heterocycles. The van der Waals surface area contributed by atoms with Gasteiger partial charge in [0.1, 0.15) is 18.4 Å². The van der Waals surface area contributed by atoms with Crippen LogP contribution in [0, 0.1) is 10.1 Å². The third-order valence-electron chi connectivity index (χ3n) is 2.47. The lowest BCUT2D eigenvalue weighted by Gasteiger charge is -2.16. The molecule has 0 amide bonds. The smallest absolute Gasteiger partial charge is 0.326 e. The van der Waals surface area contributed by atoms with Crippen molar-refractivity contribution in [2.75, 3.05) is 20.3 Å². The van der Waals surface area contributed by atoms with E-state index < -0.39 is 16.9 Å². The van der Waals surface area contributed by atoms with E-state index in [1.54, 1.807) is 0 Å². The van der Waals surface area contributed by atoms with Crippen LogP contribution in [0.1, 0.15) is 6.92 Å². The molecular formula is C12H15BrN2O5. The normalized spacial score (nSPS) is 11.8. The molecule has 0 spiro atoms. The lowest BCUT2D eigenvalue weighted by molar-refractivity contribution is -0.385. The fraction of sp³-hybridized carbons (Fsp3) is 0.417. The molecule has 1 aromatic rings. The summed E-state index contributed by atoms with van der Waals surface area (Å²) in [6.45, 7) is 2.43. The SMILES string of the molecule is CCNC(COc1cc([N+](=O)[O-])ccc1Br)C(=O)OC. The van der Waals surface area contributed by atoms with Crippen LogP contribution in [0.25, 0.3) is 0 Å². The van der Waals surface area contributed by atoms with Gasteiger partial charge in [-0.2, -0.15) is 0 Å². The zero-order valence-electron chi connectivity index (χ0n) is 11.1. The summed E-state index contributed by atoms with van der Waals surface area (Å²) in [7, 11) is 1.29. The number of hydrogen-bond acceptors (Lipinski definition) is 6. The fourth-order valence-corrected chi connectivity index (χ4v) is 1.85. The van der Waals surface area contributed by atoms with Crippen molar-refractivity contribution < 1.29 is 19.2 Å². The molecule has 0 radical (unpaired) electrons. The van der Waals surface area contributed by atoms with Gasteiger partial charge in [0.2, 0.25) is 0 Å². The number of hydrogen-bond donors (Lipinski definition) is 1. The third kappa shape index (κ3) is 4.46. The van der Waals surface area contributed by atoms with Crippen molar-refractivity contribution in [1.29, 1.82) is 0 Å². The van der Waals surface area contributed by atoms with Gasteiger partial charge in [-0.25, -0.2) is 0 Å². The van der Waals surface area contributed by atoms with Crippen molar-refractivity contribution in [2.45, 2.75) is 13.0 Å². The van der Waals surface area contributed by atoms with Gasteiger partial charge in [0.15, 0.2) is 0 Å². The average molecular weight is 347 g/mol. The molecule has 0 aromatic heterocycles. The number of nitro groups is 1. The van der Waals surface area contributed by atoms with E-state index in [0.717, 1.165) is 0 Å². The van der Waals surface area contributed by atoms with Gasteiger partial charge in [0.05, 0.1) is 22.6 Å². The first-order chi connectivity index (χ1) is 9.49. The predicted molar refractivity (Wildman–Crippen MR) is 75.8 cm³/mol. The highest BCUT2D eigenvalue weighted by atomic mass is 79.9. The molecule has 20 heavy (non-hydrogen) atoms. The second-order valence-electron chi connectivity index (χ2n) is 3.82. The zero-order valence-corrected chi connectivity index (χ0v) is 12.7. The number of nitrogens with zero attached hydrogens (tertiary/aromatic N) is 1. The van der Waals surface area contributed by atoms with Gasteiger partial charge in [-0.3, -0.25) is 14.9 Å². The molecule has 8 heteroatoms. The number of carbonyl (C=O) groups is 1. The highest BCUT2D eigenvalue weighted by Crippen LogP contribution is 2.29. The number of nitrogens with one attached hydrogen (secondary N) is 1. The van der Waals surface area contributed by atoms with Crippen molar-refractivity contribution in [3.63, 3.8) is 0 Å². The van der Waals surface area contributed by atoms with Gasteiger partial charge >= 0.3 is 5.97 Å². The maximum atomic E-state index is 11.5. The lowest BCUT2D eigenvalue weighted by atomic mass is 10.3. The maximum absolute atomic E-state index is 11.5. The molecule has 7 nitrogen and oxygen atoms in total. The second-order valence-corrected chi connectivity index (χ2v) is 4.67. The van der Waals surface area contributed by atoms with E-state index >= 15 is 0 Å². The predicted octanol–water partition coefficient (Wildman–Crippen LogP) is 1.89. The molecule has 110 valence electrons. The second kappa shape index (κ2) is 7.81. The number of esters is 1. The Bertz CT molecular complexity index is 495. The van der Waals surface area contributed by atoms with E-state index in [-0.39, 0.29) is 12.3 Å². The standard InChI is InChI=1S/C12H15BrN2O5/c1-3-14-10(12(16)19-2)7-20-11-6-8(15(17)18)4-5-9(11)13/h4-6,10,14H,3,7H2,1-2H3. The molecule has 1 aromatic carbocycles. The number of benzene rings is 1. The van der Waals surface area contributed by atoms with Crippen LogP contribution < -0.4 is 10.1 Å². The van der Waals surface area contributed by atoms with Crippen LogP contribution in [0.2, 0.25) is 0 Å². The molecule has 0 bridgehead atoms. The van der Waals surface area contributed by atoms with E-state index in [1.807, 2.05) is 6.92 Å². The van der Waals surface area contributed by atoms with E-state index in [0.29, 0.717) is 16.8 Å². The van der Waals surface area contributed by atoms with Crippen LogP contribution in [-0.2, 0) is 9.53 Å². The Morgan fingerprint density at radius 3 is 2.80 bits per heavy atom. The highest BCUT2D eigenvalue weighted by molar-refractivity contribution is 9.10. The number of non-ortho nitro benzene ring substituents is 1. The summed E-state index contributed by atoms with van der Waals surface area (Å²) in [5.41, 5.74) is -0.0822. The van der Waals surface area contributed by atoms with Crippen LogP contribution >= 0.6 is 15.9 Å². The monoisotopic (exact) mass is 346 g/mol. The third-order valence-corrected chi connectivity index (χ3v) is 3.12. The number of carbonyl (C=O) groups excluding carboxylic acids is 1. The van der Waals surface area contributed by atoms with Crippen LogP contribution in [0.4, 0.5) is 5.69 Å². The highest BCUT2D eigenvalue weighted by Gasteiger charge is 2.20. The Kier molecular flexibility index (Phi) is 6.40. The molecule has 0 saturated carbocycles. The number of methoxy groups -OCH3 is 1. The van der Waals surface area contributed by atoms with Gasteiger partial charge in [-0.05, 0) is 28.5 Å². The molecule has 1 rings (SSSR count). The van der Waals surface area contributed by atoms with Crippen molar-refractivity contribution in [3.8, 4) is 5.75 Å². The molecule has 0 saturated heterocycles. The Morgan fingerprint density at radius 1 is 1.55 bits per heavy atom. The number of ether oxygens (including phenoxy) is 2. The topological polar surface area (TPSA) is 90.7 Å². The molecule has 0 fully saturated rings. The Morgan fingerprint density at radius 2 is 2.25 bits per heavy atom. The van der Waals surface area contributed by atoms with Crippen molar-refractivity contribution in [3.05, 3.63) is 32.8 Å². The number of likely N-dealkylation sites (N-methyl/N-ethyl adjacent to an activating group) is 1. The number of nitro benzene ring substituents is 1. The van der Waals surface area contributed by atoms with Gasteiger partial charge in [0, 0.05) is 6.07 Å². The summed E-state index contributed by atoms with van der Waals surface area (Å²) < 4.78 is 10.7. The molecule has 0 aliphatic rings. The average Bonchev–Trinajstić information content (AvgIpc) is 2.43. The summed E-state index contributed by atoms with van der Waals surface area (Å²) in [5, 5.41) is 13.6. The molecule has 0 aliphatic carbocycles. The molecule has 1 unspecified atom stereocenters. The van der Waals surface area contributed by atoms with E-state index in [2.05, 4.69) is 26.0 Å². The van der Waals surface area contributed by atoms with Crippen LogP contribution in [0.5, 0.6) is 5.75 Å². The van der Waals surface area contributed by atoms with Crippen LogP contribution in [0.3, 0.4) is 0 Å². The minimum Gasteiger partial charge on any atom is -0.490 e. The van der Waals surface area contributed by atoms with Gasteiger partial charge in [0.25, 0.3) is 5.69 Å². The van der Waals surface area contributed by atoms with E-state index in [9.17, 15) is 14.9 Å². The van der Waals surface area contributed by atoms with Gasteiger partial charge in [-0.1, -0.05) is 6.92 Å². The van der Waals surface area contributed by atoms with Crippen LogP contribution in [0.15, 0.2) is 22.7 Å². The fourth-order valence-electron chi connectivity index (χ4n) is 1.49. The summed E-state index contributed by atoms with van der Waals surface area (Å²) in [4.78, 5) is 21.7. The first-order valence-corrected chi connectivity index (χ1v) is 6.66. The zero-order chi connectivity index (χ0) is 15.1. The van der Waals surface area contributed by atoms with Crippen molar-refractivity contribution in [2.24, 2.45) is 0 Å². The molecule has 1 atom stereocenters. The summed E-state index contributed by atoms with van der Waals surface area (Å²) in [5.74, 6) is -0.153. The number of rotatable bonds is 7. The van der Waals surface area contributed by atoms with E-state index in [4.69, 9.17) is 4.74 Å². The van der Waals surface area contributed by atoms with Gasteiger partial charge in [-0.15, -0.1) is 0 Å². The Hall–Kier alpha value is -1.67. The quantitative estimate of drug-likeness (QED) is 0.460. The number of halogens is 1. The maximum Gasteiger partial charge on any atom is 0.326 e. The van der Waals surface area contributed by atoms with E-state index in [1.165, 1.54) is 25.3 Å². The minimum atomic E-state index is -0.629. The Labute approximate surface area is 124 Å². The van der Waals surface area contributed by atoms with Crippen molar-refractivity contribution in [1.82, 2.24) is 5.32 Å².